The first-order valence-electron chi connectivity index (χ1n) is 6.71. The second-order valence-electron chi connectivity index (χ2n) is 4.79. The third-order valence-corrected chi connectivity index (χ3v) is 4.08. The summed E-state index contributed by atoms with van der Waals surface area (Å²) in [4.78, 5) is 22.8. The second kappa shape index (κ2) is 6.16. The van der Waals surface area contributed by atoms with E-state index in [1.54, 1.807) is 13.0 Å². The molecule has 0 radical (unpaired) electrons. The van der Waals surface area contributed by atoms with Gasteiger partial charge in [0.1, 0.15) is 5.69 Å². The van der Waals surface area contributed by atoms with E-state index in [2.05, 4.69) is 20.3 Å². The molecule has 0 fully saturated rings. The number of rotatable bonds is 4. The monoisotopic (exact) mass is 346 g/mol. The number of non-ortho nitro benzene ring substituents is 1. The molecule has 0 saturated carbocycles. The zero-order chi connectivity index (χ0) is 17.3. The van der Waals surface area contributed by atoms with Crippen LogP contribution in [0.4, 0.5) is 26.8 Å². The lowest BCUT2D eigenvalue weighted by Crippen LogP contribution is -2.01. The number of aromatic nitrogens is 3. The van der Waals surface area contributed by atoms with Crippen LogP contribution in [-0.2, 0) is 0 Å². The molecule has 10 heteroatoms. The van der Waals surface area contributed by atoms with Crippen molar-refractivity contribution >= 4 is 33.8 Å². The van der Waals surface area contributed by atoms with Crippen LogP contribution in [0.3, 0.4) is 0 Å². The fraction of sp³-hybridized carbons (Fsp3) is 0.0714. The van der Waals surface area contributed by atoms with Crippen LogP contribution in [0.1, 0.15) is 5.69 Å². The van der Waals surface area contributed by atoms with Gasteiger partial charge in [0.25, 0.3) is 5.69 Å². The van der Waals surface area contributed by atoms with E-state index >= 15 is 0 Å². The van der Waals surface area contributed by atoms with Gasteiger partial charge in [-0.3, -0.25) is 10.1 Å². The Bertz CT molecular complexity index is 929. The van der Waals surface area contributed by atoms with Crippen molar-refractivity contribution in [2.45, 2.75) is 6.92 Å². The predicted octanol–water partition coefficient (Wildman–Crippen LogP) is 3.28. The van der Waals surface area contributed by atoms with Gasteiger partial charge in [0.2, 0.25) is 5.95 Å². The van der Waals surface area contributed by atoms with Gasteiger partial charge in [-0.15, -0.1) is 0 Å². The number of nitrogen functional groups attached to an aromatic ring is 1. The number of halogens is 1. The SMILES string of the molecule is Cc1nc(N)sc1-c1nc(Nc2cccc([N+](=O)[O-])c2)ncc1F. The van der Waals surface area contributed by atoms with Gasteiger partial charge < -0.3 is 11.1 Å². The summed E-state index contributed by atoms with van der Waals surface area (Å²) in [5, 5.41) is 13.9. The fourth-order valence-electron chi connectivity index (χ4n) is 2.05. The van der Waals surface area contributed by atoms with E-state index in [-0.39, 0.29) is 17.3 Å². The maximum absolute atomic E-state index is 14.0. The molecule has 0 aliphatic heterocycles. The highest BCUT2D eigenvalue weighted by Gasteiger charge is 2.16. The number of nitro benzene ring substituents is 1. The molecular weight excluding hydrogens is 335 g/mol. The van der Waals surface area contributed by atoms with Gasteiger partial charge in [-0.05, 0) is 13.0 Å². The zero-order valence-electron chi connectivity index (χ0n) is 12.4. The lowest BCUT2D eigenvalue weighted by molar-refractivity contribution is -0.384. The molecule has 0 atom stereocenters. The third kappa shape index (κ3) is 3.13. The number of nitrogens with zero attached hydrogens (tertiary/aromatic N) is 4. The number of benzene rings is 1. The summed E-state index contributed by atoms with van der Waals surface area (Å²) in [7, 11) is 0. The van der Waals surface area contributed by atoms with Gasteiger partial charge in [-0.25, -0.2) is 19.3 Å². The van der Waals surface area contributed by atoms with Gasteiger partial charge in [0.05, 0.1) is 21.7 Å². The summed E-state index contributed by atoms with van der Waals surface area (Å²) in [5.41, 5.74) is 6.62. The van der Waals surface area contributed by atoms with Crippen molar-refractivity contribution < 1.29 is 9.31 Å². The molecule has 0 unspecified atom stereocenters. The molecule has 0 amide bonds. The standard InChI is InChI=1S/C14H11FN6O2S/c1-7-12(24-13(16)18-7)11-10(15)6-17-14(20-11)19-8-3-2-4-9(5-8)21(22)23/h2-6H,1H3,(H2,16,18)(H,17,19,20). The molecule has 0 saturated heterocycles. The zero-order valence-corrected chi connectivity index (χ0v) is 13.2. The summed E-state index contributed by atoms with van der Waals surface area (Å²) < 4.78 is 14.0. The van der Waals surface area contributed by atoms with E-state index in [0.717, 1.165) is 17.5 Å². The molecule has 2 aromatic heterocycles. The number of hydrogen-bond acceptors (Lipinski definition) is 8. The van der Waals surface area contributed by atoms with Crippen molar-refractivity contribution in [1.82, 2.24) is 15.0 Å². The minimum atomic E-state index is -0.605. The van der Waals surface area contributed by atoms with E-state index in [1.165, 1.54) is 18.2 Å². The van der Waals surface area contributed by atoms with Gasteiger partial charge in [-0.2, -0.15) is 0 Å². The molecule has 2 heterocycles. The number of anilines is 3. The van der Waals surface area contributed by atoms with E-state index < -0.39 is 10.7 Å². The van der Waals surface area contributed by atoms with Crippen LogP contribution in [0.2, 0.25) is 0 Å². The van der Waals surface area contributed by atoms with Crippen molar-refractivity contribution in [3.05, 3.63) is 52.1 Å². The van der Waals surface area contributed by atoms with Gasteiger partial charge >= 0.3 is 0 Å². The number of nitrogens with two attached hydrogens (primary N) is 1. The molecule has 3 aromatic rings. The van der Waals surface area contributed by atoms with E-state index in [0.29, 0.717) is 21.4 Å². The smallest absolute Gasteiger partial charge is 0.271 e. The molecule has 0 bridgehead atoms. The van der Waals surface area contributed by atoms with Crippen molar-refractivity contribution in [2.24, 2.45) is 0 Å². The first kappa shape index (κ1) is 15.7. The van der Waals surface area contributed by atoms with Gasteiger partial charge in [0.15, 0.2) is 10.9 Å². The Kier molecular flexibility index (Phi) is 4.04. The Labute approximate surface area is 139 Å². The molecule has 0 aliphatic rings. The minimum Gasteiger partial charge on any atom is -0.375 e. The molecule has 0 spiro atoms. The van der Waals surface area contributed by atoms with E-state index in [1.807, 2.05) is 0 Å². The molecule has 8 nitrogen and oxygen atoms in total. The second-order valence-corrected chi connectivity index (χ2v) is 5.82. The molecule has 0 aliphatic carbocycles. The highest BCUT2D eigenvalue weighted by molar-refractivity contribution is 7.18. The number of nitro groups is 1. The predicted molar refractivity (Wildman–Crippen MR) is 88.6 cm³/mol. The molecular formula is C14H11FN6O2S. The van der Waals surface area contributed by atoms with Crippen LogP contribution in [-0.4, -0.2) is 19.9 Å². The van der Waals surface area contributed by atoms with Crippen LogP contribution in [0, 0.1) is 22.9 Å². The third-order valence-electron chi connectivity index (χ3n) is 3.09. The molecule has 1 aromatic carbocycles. The Balaban J connectivity index is 1.96. The average molecular weight is 346 g/mol. The Morgan fingerprint density at radius 2 is 2.17 bits per heavy atom. The van der Waals surface area contributed by atoms with Gasteiger partial charge in [0, 0.05) is 17.8 Å². The summed E-state index contributed by atoms with van der Waals surface area (Å²) in [5.74, 6) is -0.496. The summed E-state index contributed by atoms with van der Waals surface area (Å²) in [6.45, 7) is 1.71. The van der Waals surface area contributed by atoms with Crippen LogP contribution >= 0.6 is 11.3 Å². The Morgan fingerprint density at radius 3 is 2.83 bits per heavy atom. The van der Waals surface area contributed by atoms with Crippen LogP contribution in [0.15, 0.2) is 30.5 Å². The molecule has 24 heavy (non-hydrogen) atoms. The van der Waals surface area contributed by atoms with Crippen molar-refractivity contribution in [3.63, 3.8) is 0 Å². The van der Waals surface area contributed by atoms with Crippen LogP contribution in [0.25, 0.3) is 10.6 Å². The van der Waals surface area contributed by atoms with E-state index in [9.17, 15) is 14.5 Å². The maximum Gasteiger partial charge on any atom is 0.271 e. The number of aryl methyl sites for hydroxylation is 1. The number of thiazole rings is 1. The lowest BCUT2D eigenvalue weighted by atomic mass is 10.3. The topological polar surface area (TPSA) is 120 Å². The quantitative estimate of drug-likeness (QED) is 0.549. The Hall–Kier alpha value is -3.14. The minimum absolute atomic E-state index is 0.0737. The highest BCUT2D eigenvalue weighted by atomic mass is 32.1. The normalized spacial score (nSPS) is 10.6. The number of hydrogen-bond donors (Lipinski definition) is 2. The molecule has 3 N–H and O–H groups in total. The van der Waals surface area contributed by atoms with Gasteiger partial charge in [-0.1, -0.05) is 17.4 Å². The first-order chi connectivity index (χ1) is 11.4. The summed E-state index contributed by atoms with van der Waals surface area (Å²) >= 11 is 1.12. The van der Waals surface area contributed by atoms with Crippen molar-refractivity contribution in [1.29, 1.82) is 0 Å². The summed E-state index contributed by atoms with van der Waals surface area (Å²) in [6.07, 6.45) is 1.03. The van der Waals surface area contributed by atoms with E-state index in [4.69, 9.17) is 5.73 Å². The first-order valence-corrected chi connectivity index (χ1v) is 7.53. The highest BCUT2D eigenvalue weighted by Crippen LogP contribution is 2.32. The number of nitrogens with one attached hydrogen (secondary N) is 1. The lowest BCUT2D eigenvalue weighted by Gasteiger charge is -2.07. The van der Waals surface area contributed by atoms with Crippen LogP contribution < -0.4 is 11.1 Å². The molecule has 3 rings (SSSR count). The fourth-order valence-corrected chi connectivity index (χ4v) is 2.87. The summed E-state index contributed by atoms with van der Waals surface area (Å²) in [6, 6.07) is 5.85. The average Bonchev–Trinajstić information content (AvgIpc) is 2.88. The molecule has 122 valence electrons. The van der Waals surface area contributed by atoms with Crippen LogP contribution in [0.5, 0.6) is 0 Å². The Morgan fingerprint density at radius 1 is 1.38 bits per heavy atom. The van der Waals surface area contributed by atoms with Crippen molar-refractivity contribution in [3.8, 4) is 10.6 Å². The van der Waals surface area contributed by atoms with Crippen molar-refractivity contribution in [2.75, 3.05) is 11.1 Å². The maximum atomic E-state index is 14.0. The largest absolute Gasteiger partial charge is 0.375 e.